The molecule has 2 heterocycles. The quantitative estimate of drug-likeness (QED) is 0.788. The summed E-state index contributed by atoms with van der Waals surface area (Å²) < 4.78 is 7.18. The van der Waals surface area contributed by atoms with Crippen molar-refractivity contribution in [3.8, 4) is 0 Å². The minimum Gasteiger partial charge on any atom is -0.383 e. The fraction of sp³-hybridized carbons (Fsp3) is 0.538. The molecule has 0 aliphatic carbocycles. The van der Waals surface area contributed by atoms with E-state index >= 15 is 0 Å². The van der Waals surface area contributed by atoms with Gasteiger partial charge in [0.25, 0.3) is 0 Å². The number of hydrogen-bond acceptors (Lipinski definition) is 5. The second-order valence-corrected chi connectivity index (χ2v) is 5.35. The topological polar surface area (TPSA) is 52.0 Å². The van der Waals surface area contributed by atoms with Crippen LogP contribution in [0, 0.1) is 6.92 Å². The number of ether oxygens (including phenoxy) is 1. The van der Waals surface area contributed by atoms with Gasteiger partial charge >= 0.3 is 0 Å². The molecule has 0 amide bonds. The van der Waals surface area contributed by atoms with Crippen LogP contribution in [0.3, 0.4) is 0 Å². The van der Waals surface area contributed by atoms with Gasteiger partial charge in [-0.25, -0.2) is 9.97 Å². The molecule has 19 heavy (non-hydrogen) atoms. The highest BCUT2D eigenvalue weighted by atomic mass is 32.1. The fourth-order valence-corrected chi connectivity index (χ4v) is 2.74. The number of aryl methyl sites for hydroxylation is 1. The fourth-order valence-electron chi connectivity index (χ4n) is 1.89. The van der Waals surface area contributed by atoms with E-state index in [2.05, 4.69) is 32.2 Å². The number of rotatable bonds is 7. The predicted molar refractivity (Wildman–Crippen MR) is 76.5 cm³/mol. The molecule has 0 aliphatic rings. The second kappa shape index (κ2) is 6.79. The first kappa shape index (κ1) is 14.2. The average Bonchev–Trinajstić information content (AvgIpc) is 3.03. The van der Waals surface area contributed by atoms with Gasteiger partial charge in [-0.15, -0.1) is 11.3 Å². The van der Waals surface area contributed by atoms with Gasteiger partial charge in [0.15, 0.2) is 0 Å². The second-order valence-electron chi connectivity index (χ2n) is 4.46. The number of nitrogens with one attached hydrogen (secondary N) is 1. The molecule has 0 spiro atoms. The lowest BCUT2D eigenvalue weighted by Gasteiger charge is -2.14. The van der Waals surface area contributed by atoms with Crippen LogP contribution in [0.25, 0.3) is 0 Å². The van der Waals surface area contributed by atoms with Crippen molar-refractivity contribution in [1.82, 2.24) is 19.9 Å². The Balaban J connectivity index is 2.02. The van der Waals surface area contributed by atoms with Crippen LogP contribution in [0.15, 0.2) is 17.9 Å². The third-order valence-corrected chi connectivity index (χ3v) is 4.08. The van der Waals surface area contributed by atoms with Gasteiger partial charge in [0.05, 0.1) is 24.7 Å². The van der Waals surface area contributed by atoms with Crippen molar-refractivity contribution in [3.05, 3.63) is 34.3 Å². The SMILES string of the molecule is COCCNCc1cncn1C(C)c1nc(C)cs1. The van der Waals surface area contributed by atoms with Gasteiger partial charge < -0.3 is 14.6 Å². The standard InChI is InChI=1S/C13H20N4OS/c1-10-8-19-13(16-10)11(2)17-9-15-7-12(17)6-14-4-5-18-3/h7-9,11,14H,4-6H2,1-3H3. The molecule has 104 valence electrons. The summed E-state index contributed by atoms with van der Waals surface area (Å²) in [6.45, 7) is 6.52. The highest BCUT2D eigenvalue weighted by Gasteiger charge is 2.14. The Morgan fingerprint density at radius 3 is 3.05 bits per heavy atom. The Labute approximate surface area is 117 Å². The number of imidazole rings is 1. The zero-order chi connectivity index (χ0) is 13.7. The van der Waals surface area contributed by atoms with Crippen molar-refractivity contribution in [2.75, 3.05) is 20.3 Å². The minimum atomic E-state index is 0.223. The van der Waals surface area contributed by atoms with Crippen molar-refractivity contribution in [1.29, 1.82) is 0 Å². The first-order valence-electron chi connectivity index (χ1n) is 6.34. The molecular weight excluding hydrogens is 260 g/mol. The maximum atomic E-state index is 5.02. The maximum Gasteiger partial charge on any atom is 0.115 e. The summed E-state index contributed by atoms with van der Waals surface area (Å²) >= 11 is 1.70. The van der Waals surface area contributed by atoms with Crippen LogP contribution in [-0.2, 0) is 11.3 Å². The summed E-state index contributed by atoms with van der Waals surface area (Å²) in [4.78, 5) is 8.79. The number of thiazole rings is 1. The molecule has 0 fully saturated rings. The molecule has 1 atom stereocenters. The van der Waals surface area contributed by atoms with Crippen LogP contribution in [-0.4, -0.2) is 34.8 Å². The normalized spacial score (nSPS) is 12.8. The van der Waals surface area contributed by atoms with Gasteiger partial charge in [0, 0.05) is 37.5 Å². The van der Waals surface area contributed by atoms with E-state index in [0.717, 1.165) is 36.1 Å². The largest absolute Gasteiger partial charge is 0.383 e. The van der Waals surface area contributed by atoms with Crippen molar-refractivity contribution >= 4 is 11.3 Å². The highest BCUT2D eigenvalue weighted by molar-refractivity contribution is 7.09. The van der Waals surface area contributed by atoms with Crippen molar-refractivity contribution < 1.29 is 4.74 Å². The lowest BCUT2D eigenvalue weighted by molar-refractivity contribution is 0.199. The van der Waals surface area contributed by atoms with E-state index in [0.29, 0.717) is 0 Å². The van der Waals surface area contributed by atoms with Crippen LogP contribution in [0.5, 0.6) is 0 Å². The van der Waals surface area contributed by atoms with E-state index in [1.807, 2.05) is 19.4 Å². The van der Waals surface area contributed by atoms with Crippen LogP contribution >= 0.6 is 11.3 Å². The van der Waals surface area contributed by atoms with Crippen molar-refractivity contribution in [2.24, 2.45) is 0 Å². The molecule has 6 heteroatoms. The van der Waals surface area contributed by atoms with E-state index in [1.54, 1.807) is 18.4 Å². The molecule has 0 saturated heterocycles. The Morgan fingerprint density at radius 2 is 2.37 bits per heavy atom. The molecule has 1 N–H and O–H groups in total. The third-order valence-electron chi connectivity index (χ3n) is 2.95. The van der Waals surface area contributed by atoms with E-state index in [1.165, 1.54) is 0 Å². The Bertz CT molecular complexity index is 508. The molecule has 0 radical (unpaired) electrons. The Hall–Kier alpha value is -1.24. The molecule has 2 aromatic heterocycles. The molecule has 5 nitrogen and oxygen atoms in total. The monoisotopic (exact) mass is 280 g/mol. The smallest absolute Gasteiger partial charge is 0.115 e. The molecule has 2 aromatic rings. The van der Waals surface area contributed by atoms with Crippen LogP contribution in [0.2, 0.25) is 0 Å². The first-order valence-corrected chi connectivity index (χ1v) is 7.22. The van der Waals surface area contributed by atoms with Gasteiger partial charge in [-0.3, -0.25) is 0 Å². The van der Waals surface area contributed by atoms with Crippen LogP contribution < -0.4 is 5.32 Å². The zero-order valence-corrected chi connectivity index (χ0v) is 12.4. The third kappa shape index (κ3) is 3.62. The number of aromatic nitrogens is 3. The van der Waals surface area contributed by atoms with Gasteiger partial charge in [-0.2, -0.15) is 0 Å². The summed E-state index contributed by atoms with van der Waals surface area (Å²) in [6.07, 6.45) is 3.77. The molecule has 0 aliphatic heterocycles. The van der Waals surface area contributed by atoms with Gasteiger partial charge in [-0.1, -0.05) is 0 Å². The van der Waals surface area contributed by atoms with Crippen LogP contribution in [0.1, 0.15) is 29.4 Å². The molecule has 0 saturated carbocycles. The molecule has 1 unspecified atom stereocenters. The lowest BCUT2D eigenvalue weighted by Crippen LogP contribution is -2.21. The van der Waals surface area contributed by atoms with E-state index < -0.39 is 0 Å². The summed E-state index contributed by atoms with van der Waals surface area (Å²) in [5, 5.41) is 6.54. The summed E-state index contributed by atoms with van der Waals surface area (Å²) in [6, 6.07) is 0.223. The number of methoxy groups -OCH3 is 1. The van der Waals surface area contributed by atoms with Crippen molar-refractivity contribution in [2.45, 2.75) is 26.4 Å². The molecule has 2 rings (SSSR count). The van der Waals surface area contributed by atoms with Gasteiger partial charge in [-0.05, 0) is 13.8 Å². The van der Waals surface area contributed by atoms with Crippen molar-refractivity contribution in [3.63, 3.8) is 0 Å². The van der Waals surface area contributed by atoms with Crippen LogP contribution in [0.4, 0.5) is 0 Å². The lowest BCUT2D eigenvalue weighted by atomic mass is 10.3. The number of nitrogens with zero attached hydrogens (tertiary/aromatic N) is 3. The minimum absolute atomic E-state index is 0.223. The number of hydrogen-bond donors (Lipinski definition) is 1. The van der Waals surface area contributed by atoms with Gasteiger partial charge in [0.2, 0.25) is 0 Å². The summed E-state index contributed by atoms with van der Waals surface area (Å²) in [7, 11) is 1.71. The molecular formula is C13H20N4OS. The van der Waals surface area contributed by atoms with E-state index in [9.17, 15) is 0 Å². The van der Waals surface area contributed by atoms with E-state index in [4.69, 9.17) is 4.74 Å². The van der Waals surface area contributed by atoms with E-state index in [-0.39, 0.29) is 6.04 Å². The Morgan fingerprint density at radius 1 is 1.53 bits per heavy atom. The highest BCUT2D eigenvalue weighted by Crippen LogP contribution is 2.22. The first-order chi connectivity index (χ1) is 9.22. The summed E-state index contributed by atoms with van der Waals surface area (Å²) in [5.41, 5.74) is 2.24. The average molecular weight is 280 g/mol. The van der Waals surface area contributed by atoms with Gasteiger partial charge in [0.1, 0.15) is 5.01 Å². The molecule has 0 bridgehead atoms. The predicted octanol–water partition coefficient (Wildman–Crippen LogP) is 1.99. The molecule has 0 aromatic carbocycles. The summed E-state index contributed by atoms with van der Waals surface area (Å²) in [5.74, 6) is 0. The Kier molecular flexibility index (Phi) is 5.07. The maximum absolute atomic E-state index is 5.02. The zero-order valence-electron chi connectivity index (χ0n) is 11.6.